The Kier molecular flexibility index (Phi) is 9.32. The summed E-state index contributed by atoms with van der Waals surface area (Å²) in [6, 6.07) is 19.8. The second-order valence-corrected chi connectivity index (χ2v) is 6.44. The third-order valence-corrected chi connectivity index (χ3v) is 4.21. The largest absolute Gasteiger partial charge is 3.00 e. The van der Waals surface area contributed by atoms with Gasteiger partial charge in [0.25, 0.3) is 0 Å². The summed E-state index contributed by atoms with van der Waals surface area (Å²) in [6.45, 7) is 8.99. The molecular weight excluding hydrogens is 353 g/mol. The molecule has 0 saturated carbocycles. The van der Waals surface area contributed by atoms with Crippen LogP contribution in [0.3, 0.4) is 0 Å². The van der Waals surface area contributed by atoms with Crippen LogP contribution in [0.5, 0.6) is 0 Å². The minimum atomic E-state index is 0. The van der Waals surface area contributed by atoms with Gasteiger partial charge in [0.1, 0.15) is 0 Å². The van der Waals surface area contributed by atoms with E-state index in [-0.39, 0.29) is 32.7 Å². The molecule has 1 unspecified atom stereocenters. The van der Waals surface area contributed by atoms with Gasteiger partial charge < -0.3 is 6.42 Å². The summed E-state index contributed by atoms with van der Waals surface area (Å²) in [7, 11) is 0. The summed E-state index contributed by atoms with van der Waals surface area (Å²) in [5.74, 6) is 1.10. The minimum absolute atomic E-state index is 0. The van der Waals surface area contributed by atoms with Gasteiger partial charge in [0, 0.05) is 0 Å². The maximum Gasteiger partial charge on any atom is 3.00 e. The molecule has 1 heteroatoms. The van der Waals surface area contributed by atoms with Gasteiger partial charge >= 0.3 is 32.7 Å². The zero-order valence-corrected chi connectivity index (χ0v) is 17.7. The Bertz CT molecular complexity index is 572. The minimum Gasteiger partial charge on any atom is -0.331 e. The number of rotatable bonds is 7. The quantitative estimate of drug-likeness (QED) is 0.524. The predicted octanol–water partition coefficient (Wildman–Crippen LogP) is 5.91. The van der Waals surface area contributed by atoms with Crippen molar-refractivity contribution in [1.29, 1.82) is 0 Å². The Morgan fingerprint density at radius 2 is 1.74 bits per heavy atom. The second-order valence-electron chi connectivity index (χ2n) is 6.44. The molecule has 0 aliphatic rings. The molecule has 2 aromatic carbocycles. The predicted molar refractivity (Wildman–Crippen MR) is 95.1 cm³/mol. The Labute approximate surface area is 168 Å². The van der Waals surface area contributed by atoms with Crippen molar-refractivity contribution in [3.8, 4) is 0 Å². The van der Waals surface area contributed by atoms with Gasteiger partial charge in [-0.1, -0.05) is 32.6 Å². The van der Waals surface area contributed by atoms with Gasteiger partial charge in [-0.15, -0.1) is 0 Å². The molecule has 1 atom stereocenters. The number of benzene rings is 2. The molecular formula is C22H27Y. The molecule has 2 aromatic rings. The standard InChI is InChI=1S/C22H27.Y/c1-5-9-18(4)22-16-20(14-15-21(22)17(2)3)13-12-19-10-7-6-8-11-19;/h5-8,10,14-15,17-18H,9,12-13H2,1-4H3;/q-3;+3. The Balaban J connectivity index is 0.00000264. The summed E-state index contributed by atoms with van der Waals surface area (Å²) >= 11 is 0. The van der Waals surface area contributed by atoms with Crippen molar-refractivity contribution in [2.75, 3.05) is 0 Å². The molecule has 0 fully saturated rings. The fraction of sp³-hybridized carbons (Fsp3) is 0.409. The van der Waals surface area contributed by atoms with Gasteiger partial charge in [-0.25, -0.2) is 0 Å². The van der Waals surface area contributed by atoms with Crippen LogP contribution < -0.4 is 0 Å². The number of hydrogen-bond acceptors (Lipinski definition) is 0. The summed E-state index contributed by atoms with van der Waals surface area (Å²) in [6.07, 6.45) is 5.45. The molecule has 0 nitrogen and oxygen atoms in total. The topological polar surface area (TPSA) is 0 Å². The van der Waals surface area contributed by atoms with Gasteiger partial charge in [-0.05, 0) is 12.8 Å². The van der Waals surface area contributed by atoms with Crippen LogP contribution >= 0.6 is 0 Å². The molecule has 0 amide bonds. The first-order chi connectivity index (χ1) is 10.6. The van der Waals surface area contributed by atoms with Crippen molar-refractivity contribution in [2.24, 2.45) is 0 Å². The summed E-state index contributed by atoms with van der Waals surface area (Å²) in [5, 5.41) is 0. The number of hydrogen-bond donors (Lipinski definition) is 0. The van der Waals surface area contributed by atoms with Crippen LogP contribution in [0.15, 0.2) is 36.4 Å². The smallest absolute Gasteiger partial charge is 0.331 e. The average Bonchev–Trinajstić information content (AvgIpc) is 2.53. The van der Waals surface area contributed by atoms with E-state index in [0.717, 1.165) is 19.3 Å². The van der Waals surface area contributed by atoms with Crippen LogP contribution in [0, 0.1) is 18.6 Å². The van der Waals surface area contributed by atoms with E-state index < -0.39 is 0 Å². The van der Waals surface area contributed by atoms with Crippen molar-refractivity contribution >= 4 is 0 Å². The van der Waals surface area contributed by atoms with E-state index in [1.165, 1.54) is 22.3 Å². The second kappa shape index (κ2) is 10.4. The fourth-order valence-electron chi connectivity index (χ4n) is 2.95. The molecule has 0 aliphatic carbocycles. The Morgan fingerprint density at radius 1 is 1.00 bits per heavy atom. The van der Waals surface area contributed by atoms with Gasteiger partial charge in [0.05, 0.1) is 0 Å². The van der Waals surface area contributed by atoms with E-state index >= 15 is 0 Å². The molecule has 0 N–H and O–H groups in total. The van der Waals surface area contributed by atoms with Gasteiger partial charge in [-0.2, -0.15) is 84.1 Å². The molecule has 0 aromatic heterocycles. The van der Waals surface area contributed by atoms with Crippen molar-refractivity contribution in [3.05, 3.63) is 77.2 Å². The van der Waals surface area contributed by atoms with Crippen LogP contribution in [0.25, 0.3) is 0 Å². The van der Waals surface area contributed by atoms with Crippen LogP contribution in [0.2, 0.25) is 0 Å². The monoisotopic (exact) mass is 380 g/mol. The first-order valence-corrected chi connectivity index (χ1v) is 8.40. The average molecular weight is 380 g/mol. The first kappa shape index (κ1) is 20.6. The summed E-state index contributed by atoms with van der Waals surface area (Å²) < 4.78 is 0. The molecule has 0 bridgehead atoms. The van der Waals surface area contributed by atoms with Gasteiger partial charge in [0.2, 0.25) is 0 Å². The molecule has 0 heterocycles. The van der Waals surface area contributed by atoms with E-state index in [2.05, 4.69) is 70.5 Å². The van der Waals surface area contributed by atoms with E-state index in [4.69, 9.17) is 0 Å². The van der Waals surface area contributed by atoms with E-state index in [1.54, 1.807) is 0 Å². The maximum atomic E-state index is 3.72. The molecule has 0 spiro atoms. The van der Waals surface area contributed by atoms with Gasteiger partial charge in [0.15, 0.2) is 0 Å². The Morgan fingerprint density at radius 3 is 2.35 bits per heavy atom. The van der Waals surface area contributed by atoms with Crippen LogP contribution in [0.4, 0.5) is 0 Å². The normalized spacial score (nSPS) is 12.0. The molecule has 0 aliphatic heterocycles. The van der Waals surface area contributed by atoms with Crippen molar-refractivity contribution in [3.63, 3.8) is 0 Å². The fourth-order valence-corrected chi connectivity index (χ4v) is 2.95. The van der Waals surface area contributed by atoms with E-state index in [9.17, 15) is 0 Å². The zero-order chi connectivity index (χ0) is 15.9. The number of aryl methyl sites for hydroxylation is 2. The Hall–Kier alpha value is -0.456. The first-order valence-electron chi connectivity index (χ1n) is 8.40. The van der Waals surface area contributed by atoms with Gasteiger partial charge in [-0.3, -0.25) is 0 Å². The van der Waals surface area contributed by atoms with E-state index in [0.29, 0.717) is 11.8 Å². The summed E-state index contributed by atoms with van der Waals surface area (Å²) in [4.78, 5) is 0. The molecule has 0 saturated heterocycles. The van der Waals surface area contributed by atoms with E-state index in [1.807, 2.05) is 12.1 Å². The van der Waals surface area contributed by atoms with Crippen molar-refractivity contribution in [2.45, 2.75) is 58.8 Å². The van der Waals surface area contributed by atoms with Crippen molar-refractivity contribution in [1.82, 2.24) is 0 Å². The van der Waals surface area contributed by atoms with Crippen LogP contribution in [-0.4, -0.2) is 0 Å². The maximum absolute atomic E-state index is 3.72. The van der Waals surface area contributed by atoms with Crippen LogP contribution in [-0.2, 0) is 45.6 Å². The van der Waals surface area contributed by atoms with Crippen molar-refractivity contribution < 1.29 is 32.7 Å². The molecule has 0 radical (unpaired) electrons. The zero-order valence-electron chi connectivity index (χ0n) is 14.9. The third kappa shape index (κ3) is 6.16. The third-order valence-electron chi connectivity index (χ3n) is 4.21. The molecule has 118 valence electrons. The molecule has 2 rings (SSSR count). The summed E-state index contributed by atoms with van der Waals surface area (Å²) in [5.41, 5.74) is 5.45. The SMILES string of the molecule is C[CH-]CC(C)c1[c-]c(CCc2[c-]cccc2)ccc1C(C)C.[Y+3]. The molecule has 23 heavy (non-hydrogen) atoms. The van der Waals surface area contributed by atoms with Crippen LogP contribution in [0.1, 0.15) is 68.2 Å².